The number of hydrogen-bond acceptors (Lipinski definition) is 2. The van der Waals surface area contributed by atoms with Crippen LogP contribution in [0.1, 0.15) is 0 Å². The number of fused-ring (bicyclic) bond motifs is 1. The van der Waals surface area contributed by atoms with Gasteiger partial charge in [0.2, 0.25) is 0 Å². The summed E-state index contributed by atoms with van der Waals surface area (Å²) in [6.07, 6.45) is 1.66. The molecule has 0 radical (unpaired) electrons. The predicted octanol–water partition coefficient (Wildman–Crippen LogP) is -0.884. The zero-order valence-electron chi connectivity index (χ0n) is 5.02. The fourth-order valence-electron chi connectivity index (χ4n) is 0.796. The Bertz CT molecular complexity index is 361. The van der Waals surface area contributed by atoms with Crippen molar-refractivity contribution >= 4 is 16.4 Å². The van der Waals surface area contributed by atoms with Crippen molar-refractivity contribution in [1.82, 2.24) is 4.98 Å². The first-order valence-electron chi connectivity index (χ1n) is 2.78. The molecule has 1 aromatic rings. The molecule has 1 aliphatic rings. The molecular formula is C6H4N2OS. The van der Waals surface area contributed by atoms with Crippen LogP contribution in [0.3, 0.4) is 0 Å². The Hall–Kier alpha value is -1.03. The second-order valence-electron chi connectivity index (χ2n) is 1.89. The molecule has 2 heterocycles. The highest BCUT2D eigenvalue weighted by Gasteiger charge is 1.99. The van der Waals surface area contributed by atoms with E-state index in [0.29, 0.717) is 0 Å². The van der Waals surface area contributed by atoms with Crippen molar-refractivity contribution in [3.8, 4) is 0 Å². The Labute approximate surface area is 59.7 Å². The Morgan fingerprint density at radius 3 is 3.20 bits per heavy atom. The summed E-state index contributed by atoms with van der Waals surface area (Å²) in [5.74, 6) is 0. The molecule has 1 unspecified atom stereocenters. The van der Waals surface area contributed by atoms with Gasteiger partial charge in [0, 0.05) is 6.20 Å². The molecule has 0 aromatic carbocycles. The summed E-state index contributed by atoms with van der Waals surface area (Å²) in [7, 11) is -1.18. The van der Waals surface area contributed by atoms with Crippen molar-refractivity contribution < 1.29 is 4.21 Å². The Morgan fingerprint density at radius 2 is 2.40 bits per heavy atom. The summed E-state index contributed by atoms with van der Waals surface area (Å²) < 4.78 is 14.6. The number of rotatable bonds is 0. The fraction of sp³-hybridized carbons (Fsp3) is 0. The number of pyridine rings is 1. The van der Waals surface area contributed by atoms with Gasteiger partial charge in [0.25, 0.3) is 0 Å². The summed E-state index contributed by atoms with van der Waals surface area (Å²) in [4.78, 5) is 3.97. The number of aromatic nitrogens is 1. The lowest BCUT2D eigenvalue weighted by Gasteiger charge is -1.76. The lowest BCUT2D eigenvalue weighted by Crippen LogP contribution is -2.23. The van der Waals surface area contributed by atoms with Crippen molar-refractivity contribution in [3.05, 3.63) is 29.0 Å². The van der Waals surface area contributed by atoms with Gasteiger partial charge < -0.3 is 0 Å². The third kappa shape index (κ3) is 0.769. The molecular weight excluding hydrogens is 148 g/mol. The van der Waals surface area contributed by atoms with E-state index in [1.54, 1.807) is 18.3 Å². The maximum absolute atomic E-state index is 10.7. The summed E-state index contributed by atoms with van der Waals surface area (Å²) in [5, 5.41) is 2.98. The molecule has 0 N–H and O–H groups in total. The molecule has 3 nitrogen and oxygen atoms in total. The third-order valence-corrected chi connectivity index (χ3v) is 2.02. The topological polar surface area (TPSA) is 42.3 Å². The zero-order valence-corrected chi connectivity index (χ0v) is 5.84. The normalized spacial score (nSPS) is 21.0. The molecule has 0 bridgehead atoms. The lowest BCUT2D eigenvalue weighted by molar-refractivity contribution is 0.690. The van der Waals surface area contributed by atoms with Crippen LogP contribution in [0.4, 0.5) is 0 Å². The Kier molecular flexibility index (Phi) is 1.14. The number of nitrogens with zero attached hydrogens (tertiary/aromatic N) is 2. The molecule has 0 aliphatic carbocycles. The van der Waals surface area contributed by atoms with Gasteiger partial charge in [-0.05, 0) is 12.1 Å². The predicted molar refractivity (Wildman–Crippen MR) is 37.6 cm³/mol. The summed E-state index contributed by atoms with van der Waals surface area (Å²) in [5.41, 5.74) is 0. The molecule has 10 heavy (non-hydrogen) atoms. The van der Waals surface area contributed by atoms with E-state index >= 15 is 0 Å². The molecule has 0 spiro atoms. The molecule has 0 saturated carbocycles. The molecule has 1 atom stereocenters. The average Bonchev–Trinajstić information content (AvgIpc) is 2.27. The lowest BCUT2D eigenvalue weighted by atomic mass is 10.4. The Balaban J connectivity index is 2.96. The van der Waals surface area contributed by atoms with E-state index in [-0.39, 0.29) is 0 Å². The van der Waals surface area contributed by atoms with Gasteiger partial charge in [-0.15, -0.1) is 0 Å². The summed E-state index contributed by atoms with van der Waals surface area (Å²) in [6.45, 7) is 0. The largest absolute Gasteiger partial charge is 0.254 e. The highest BCUT2D eigenvalue weighted by molar-refractivity contribution is 7.91. The minimum absolute atomic E-state index is 0.723. The molecule has 2 rings (SSSR count). The van der Waals surface area contributed by atoms with E-state index < -0.39 is 11.0 Å². The number of hydrogen-bond donors (Lipinski definition) is 0. The van der Waals surface area contributed by atoms with Gasteiger partial charge in [-0.25, -0.2) is 4.21 Å². The van der Waals surface area contributed by atoms with Crippen molar-refractivity contribution in [2.45, 2.75) is 0 Å². The van der Waals surface area contributed by atoms with Gasteiger partial charge in [-0.3, -0.25) is 4.98 Å². The zero-order chi connectivity index (χ0) is 6.97. The van der Waals surface area contributed by atoms with Crippen molar-refractivity contribution in [2.24, 2.45) is 4.40 Å². The maximum atomic E-state index is 10.7. The minimum atomic E-state index is -1.18. The van der Waals surface area contributed by atoms with Crippen LogP contribution in [0.25, 0.3) is 5.41 Å². The SMILES string of the molecule is O=S1C=c2ncccc2=N1. The van der Waals surface area contributed by atoms with Crippen LogP contribution in [-0.4, -0.2) is 9.19 Å². The van der Waals surface area contributed by atoms with Gasteiger partial charge in [0.1, 0.15) is 10.7 Å². The second-order valence-corrected chi connectivity index (χ2v) is 2.86. The molecule has 0 fully saturated rings. The van der Waals surface area contributed by atoms with E-state index in [2.05, 4.69) is 9.38 Å². The molecule has 1 aromatic heterocycles. The van der Waals surface area contributed by atoms with Crippen LogP contribution in [0.15, 0.2) is 22.7 Å². The molecule has 1 aliphatic heterocycles. The van der Waals surface area contributed by atoms with E-state index in [0.717, 1.165) is 10.7 Å². The standard InChI is InChI=1S/C6H4N2OS/c9-10-4-6-5(8-10)2-1-3-7-6/h1-4H. The Morgan fingerprint density at radius 1 is 1.50 bits per heavy atom. The van der Waals surface area contributed by atoms with Gasteiger partial charge in [-0.2, -0.15) is 4.40 Å². The highest BCUT2D eigenvalue weighted by atomic mass is 32.2. The first-order chi connectivity index (χ1) is 4.86. The van der Waals surface area contributed by atoms with Crippen LogP contribution in [0.5, 0.6) is 0 Å². The van der Waals surface area contributed by atoms with Crippen LogP contribution in [0.2, 0.25) is 0 Å². The van der Waals surface area contributed by atoms with E-state index in [9.17, 15) is 4.21 Å². The van der Waals surface area contributed by atoms with Gasteiger partial charge in [-0.1, -0.05) is 0 Å². The van der Waals surface area contributed by atoms with Crippen LogP contribution in [-0.2, 0) is 11.0 Å². The van der Waals surface area contributed by atoms with Crippen LogP contribution >= 0.6 is 0 Å². The van der Waals surface area contributed by atoms with Crippen molar-refractivity contribution in [1.29, 1.82) is 0 Å². The van der Waals surface area contributed by atoms with E-state index in [1.807, 2.05) is 0 Å². The molecule has 50 valence electrons. The van der Waals surface area contributed by atoms with Gasteiger partial charge in [0.15, 0.2) is 11.0 Å². The van der Waals surface area contributed by atoms with Gasteiger partial charge >= 0.3 is 0 Å². The fourth-order valence-corrected chi connectivity index (χ4v) is 1.57. The molecule has 4 heteroatoms. The summed E-state index contributed by atoms with van der Waals surface area (Å²) >= 11 is 0. The molecule has 0 amide bonds. The maximum Gasteiger partial charge on any atom is 0.167 e. The first kappa shape index (κ1) is 5.73. The van der Waals surface area contributed by atoms with Gasteiger partial charge in [0.05, 0.1) is 5.41 Å². The van der Waals surface area contributed by atoms with E-state index in [4.69, 9.17) is 0 Å². The third-order valence-electron chi connectivity index (χ3n) is 1.22. The first-order valence-corrected chi connectivity index (χ1v) is 3.95. The van der Waals surface area contributed by atoms with E-state index in [1.165, 1.54) is 5.41 Å². The quantitative estimate of drug-likeness (QED) is 0.484. The van der Waals surface area contributed by atoms with Crippen LogP contribution < -0.4 is 10.7 Å². The minimum Gasteiger partial charge on any atom is -0.254 e. The monoisotopic (exact) mass is 152 g/mol. The summed E-state index contributed by atoms with van der Waals surface area (Å²) in [6, 6.07) is 3.57. The average molecular weight is 152 g/mol. The van der Waals surface area contributed by atoms with Crippen molar-refractivity contribution in [3.63, 3.8) is 0 Å². The molecule has 0 saturated heterocycles. The smallest absolute Gasteiger partial charge is 0.167 e. The van der Waals surface area contributed by atoms with Crippen LogP contribution in [0, 0.1) is 0 Å². The van der Waals surface area contributed by atoms with Crippen molar-refractivity contribution in [2.75, 3.05) is 0 Å². The second kappa shape index (κ2) is 1.98. The highest BCUT2D eigenvalue weighted by Crippen LogP contribution is 1.86.